The number of carbonyl (C=O) groups excluding carboxylic acids is 1. The molecule has 3 aromatic rings. The maximum Gasteiger partial charge on any atom is 0.225 e. The van der Waals surface area contributed by atoms with E-state index in [-0.39, 0.29) is 11.8 Å². The summed E-state index contributed by atoms with van der Waals surface area (Å²) in [5, 5.41) is 3.97. The van der Waals surface area contributed by atoms with E-state index < -0.39 is 0 Å². The number of hydrogen-bond donors (Lipinski definition) is 1. The van der Waals surface area contributed by atoms with Crippen LogP contribution in [0, 0.1) is 5.92 Å². The van der Waals surface area contributed by atoms with E-state index in [1.807, 2.05) is 48.5 Å². The lowest BCUT2D eigenvalue weighted by Crippen LogP contribution is -2.43. The minimum absolute atomic E-state index is 0.0379. The minimum atomic E-state index is -0.0379. The second kappa shape index (κ2) is 9.56. The predicted molar refractivity (Wildman–Crippen MR) is 116 cm³/mol. The van der Waals surface area contributed by atoms with Gasteiger partial charge in [0.2, 0.25) is 5.91 Å². The summed E-state index contributed by atoms with van der Waals surface area (Å²) in [6.45, 7) is 2.13. The number of rotatable bonds is 6. The maximum absolute atomic E-state index is 12.7. The van der Waals surface area contributed by atoms with E-state index in [1.54, 1.807) is 24.2 Å². The molecule has 5 nitrogen and oxygen atoms in total. The van der Waals surface area contributed by atoms with Gasteiger partial charge in [-0.1, -0.05) is 60.3 Å². The first-order valence-corrected chi connectivity index (χ1v) is 10.7. The molecular weight excluding hydrogens is 380 g/mol. The van der Waals surface area contributed by atoms with Crippen LogP contribution in [0.1, 0.15) is 18.4 Å². The van der Waals surface area contributed by atoms with E-state index in [1.165, 1.54) is 0 Å². The number of benzene rings is 2. The van der Waals surface area contributed by atoms with Crippen LogP contribution in [0.15, 0.2) is 83.0 Å². The second-order valence-electron chi connectivity index (χ2n) is 7.09. The zero-order valence-corrected chi connectivity index (χ0v) is 17.0. The van der Waals surface area contributed by atoms with Gasteiger partial charge >= 0.3 is 0 Å². The van der Waals surface area contributed by atoms with Crippen molar-refractivity contribution in [2.75, 3.05) is 18.0 Å². The normalized spacial score (nSPS) is 16.4. The van der Waals surface area contributed by atoms with Crippen LogP contribution in [0.4, 0.5) is 5.82 Å². The van der Waals surface area contributed by atoms with Crippen LogP contribution in [0.25, 0.3) is 0 Å². The molecule has 1 aliphatic rings. The number of carbonyl (C=O) groups is 1. The average Bonchev–Trinajstić information content (AvgIpc) is 2.79. The summed E-state index contributed by atoms with van der Waals surface area (Å²) in [6, 6.07) is 20.2. The van der Waals surface area contributed by atoms with Crippen molar-refractivity contribution >= 4 is 23.5 Å². The average molecular weight is 405 g/mol. The Morgan fingerprint density at radius 1 is 1.03 bits per heavy atom. The molecule has 0 bridgehead atoms. The van der Waals surface area contributed by atoms with Crippen LogP contribution < -0.4 is 10.2 Å². The number of anilines is 1. The standard InChI is InChI=1S/C23H24N4OS/c28-22(26-16-18-8-3-1-4-9-18)19-10-7-15-27(17-19)21-23(25-14-13-24-21)29-20-11-5-2-6-12-20/h1-6,8-9,11-14,19H,7,10,15-17H2,(H,26,28)/t19-/m0/s1. The number of nitrogens with zero attached hydrogens (tertiary/aromatic N) is 3. The van der Waals surface area contributed by atoms with Gasteiger partial charge in [0.25, 0.3) is 0 Å². The smallest absolute Gasteiger partial charge is 0.225 e. The molecule has 2 aromatic carbocycles. The molecule has 1 atom stereocenters. The molecule has 1 aromatic heterocycles. The molecule has 0 unspecified atom stereocenters. The molecule has 0 spiro atoms. The van der Waals surface area contributed by atoms with Gasteiger partial charge in [-0.05, 0) is 30.5 Å². The molecule has 1 saturated heterocycles. The van der Waals surface area contributed by atoms with Gasteiger partial charge in [0.05, 0.1) is 5.92 Å². The quantitative estimate of drug-likeness (QED) is 0.668. The van der Waals surface area contributed by atoms with E-state index in [9.17, 15) is 4.79 Å². The van der Waals surface area contributed by atoms with Crippen LogP contribution in [0.2, 0.25) is 0 Å². The molecule has 29 heavy (non-hydrogen) atoms. The molecule has 2 heterocycles. The van der Waals surface area contributed by atoms with E-state index in [0.717, 1.165) is 40.7 Å². The third-order valence-corrected chi connectivity index (χ3v) is 5.99. The third-order valence-electron chi connectivity index (χ3n) is 5.01. The van der Waals surface area contributed by atoms with Crippen LogP contribution in [0.3, 0.4) is 0 Å². The molecule has 0 radical (unpaired) electrons. The summed E-state index contributed by atoms with van der Waals surface area (Å²) in [6.07, 6.45) is 5.32. The summed E-state index contributed by atoms with van der Waals surface area (Å²) < 4.78 is 0. The molecule has 0 saturated carbocycles. The largest absolute Gasteiger partial charge is 0.354 e. The fourth-order valence-corrected chi connectivity index (χ4v) is 4.42. The Morgan fingerprint density at radius 3 is 2.55 bits per heavy atom. The lowest BCUT2D eigenvalue weighted by Gasteiger charge is -2.33. The van der Waals surface area contributed by atoms with Crippen molar-refractivity contribution in [2.24, 2.45) is 5.92 Å². The molecule has 1 fully saturated rings. The van der Waals surface area contributed by atoms with Gasteiger partial charge < -0.3 is 10.2 Å². The molecule has 1 aliphatic heterocycles. The molecule has 6 heteroatoms. The lowest BCUT2D eigenvalue weighted by molar-refractivity contribution is -0.125. The van der Waals surface area contributed by atoms with E-state index in [0.29, 0.717) is 13.1 Å². The number of aromatic nitrogens is 2. The molecule has 1 N–H and O–H groups in total. The summed E-state index contributed by atoms with van der Waals surface area (Å²) in [7, 11) is 0. The van der Waals surface area contributed by atoms with Crippen molar-refractivity contribution in [3.8, 4) is 0 Å². The first kappa shape index (κ1) is 19.5. The van der Waals surface area contributed by atoms with Gasteiger partial charge in [-0.3, -0.25) is 4.79 Å². The highest BCUT2D eigenvalue weighted by atomic mass is 32.2. The summed E-state index contributed by atoms with van der Waals surface area (Å²) in [4.78, 5) is 25.2. The summed E-state index contributed by atoms with van der Waals surface area (Å²) in [5.41, 5.74) is 1.11. The van der Waals surface area contributed by atoms with Gasteiger partial charge in [0.1, 0.15) is 5.03 Å². The van der Waals surface area contributed by atoms with Crippen LogP contribution in [-0.4, -0.2) is 29.0 Å². The maximum atomic E-state index is 12.7. The molecule has 148 valence electrons. The van der Waals surface area contributed by atoms with Crippen molar-refractivity contribution in [3.05, 3.63) is 78.6 Å². The molecule has 1 amide bonds. The van der Waals surface area contributed by atoms with Crippen molar-refractivity contribution < 1.29 is 4.79 Å². The van der Waals surface area contributed by atoms with Gasteiger partial charge in [0.15, 0.2) is 5.82 Å². The van der Waals surface area contributed by atoms with Gasteiger partial charge in [-0.25, -0.2) is 9.97 Å². The minimum Gasteiger partial charge on any atom is -0.354 e. The van der Waals surface area contributed by atoms with Crippen molar-refractivity contribution in [2.45, 2.75) is 29.3 Å². The number of amides is 1. The number of piperidine rings is 1. The highest BCUT2D eigenvalue weighted by molar-refractivity contribution is 7.99. The Hall–Kier alpha value is -2.86. The number of nitrogens with one attached hydrogen (secondary N) is 1. The summed E-state index contributed by atoms with van der Waals surface area (Å²) in [5.74, 6) is 0.936. The fraction of sp³-hybridized carbons (Fsp3) is 0.261. The Morgan fingerprint density at radius 2 is 1.76 bits per heavy atom. The monoisotopic (exact) mass is 404 g/mol. The highest BCUT2D eigenvalue weighted by Crippen LogP contribution is 2.33. The molecule has 0 aliphatic carbocycles. The second-order valence-corrected chi connectivity index (χ2v) is 8.15. The third kappa shape index (κ3) is 5.15. The van der Waals surface area contributed by atoms with Gasteiger partial charge in [0, 0.05) is 36.9 Å². The Kier molecular flexibility index (Phi) is 6.42. The van der Waals surface area contributed by atoms with Gasteiger partial charge in [-0.15, -0.1) is 0 Å². The van der Waals surface area contributed by atoms with Crippen LogP contribution in [0.5, 0.6) is 0 Å². The zero-order valence-electron chi connectivity index (χ0n) is 16.2. The first-order valence-electron chi connectivity index (χ1n) is 9.90. The topological polar surface area (TPSA) is 58.1 Å². The molecule has 4 rings (SSSR count). The first-order chi connectivity index (χ1) is 14.3. The fourth-order valence-electron chi connectivity index (χ4n) is 3.52. The van der Waals surface area contributed by atoms with E-state index >= 15 is 0 Å². The van der Waals surface area contributed by atoms with Crippen LogP contribution in [-0.2, 0) is 11.3 Å². The van der Waals surface area contributed by atoms with Crippen molar-refractivity contribution in [1.82, 2.24) is 15.3 Å². The number of hydrogen-bond acceptors (Lipinski definition) is 5. The SMILES string of the molecule is O=C(NCc1ccccc1)[C@H]1CCCN(c2nccnc2Sc2ccccc2)C1. The predicted octanol–water partition coefficient (Wildman–Crippen LogP) is 4.16. The van der Waals surface area contributed by atoms with Crippen molar-refractivity contribution in [1.29, 1.82) is 0 Å². The molecular formula is C23H24N4OS. The van der Waals surface area contributed by atoms with Crippen LogP contribution >= 0.6 is 11.8 Å². The van der Waals surface area contributed by atoms with Crippen molar-refractivity contribution in [3.63, 3.8) is 0 Å². The van der Waals surface area contributed by atoms with Gasteiger partial charge in [-0.2, -0.15) is 0 Å². The highest BCUT2D eigenvalue weighted by Gasteiger charge is 2.28. The Balaban J connectivity index is 1.42. The lowest BCUT2D eigenvalue weighted by atomic mass is 9.97. The Bertz CT molecular complexity index is 936. The van der Waals surface area contributed by atoms with E-state index in [4.69, 9.17) is 0 Å². The zero-order chi connectivity index (χ0) is 19.9. The Labute approximate surface area is 175 Å². The van der Waals surface area contributed by atoms with E-state index in [2.05, 4.69) is 32.3 Å². The summed E-state index contributed by atoms with van der Waals surface area (Å²) >= 11 is 1.61.